The van der Waals surface area contributed by atoms with Crippen LogP contribution in [0.15, 0.2) is 21.7 Å². The van der Waals surface area contributed by atoms with Gasteiger partial charge in [0.2, 0.25) is 5.78 Å². The highest BCUT2D eigenvalue weighted by Crippen LogP contribution is 2.21. The summed E-state index contributed by atoms with van der Waals surface area (Å²) in [5.74, 6) is 1.17. The van der Waals surface area contributed by atoms with Crippen molar-refractivity contribution in [2.45, 2.75) is 47.7 Å². The molecule has 3 aromatic heterocycles. The van der Waals surface area contributed by atoms with Crippen molar-refractivity contribution in [3.63, 3.8) is 0 Å². The fourth-order valence-electron chi connectivity index (χ4n) is 3.27. The zero-order valence-electron chi connectivity index (χ0n) is 15.7. The van der Waals surface area contributed by atoms with Crippen molar-refractivity contribution in [2.75, 3.05) is 0 Å². The second-order valence-corrected chi connectivity index (χ2v) is 6.92. The first kappa shape index (κ1) is 17.3. The quantitative estimate of drug-likeness (QED) is 0.681. The van der Waals surface area contributed by atoms with Crippen molar-refractivity contribution >= 4 is 16.9 Å². The molecule has 3 heterocycles. The number of aryl methyl sites for hydroxylation is 2. The maximum Gasteiger partial charge on any atom is 0.332 e. The van der Waals surface area contributed by atoms with Gasteiger partial charge in [-0.05, 0) is 26.7 Å². The number of aromatic nitrogens is 5. The molecule has 0 atom stereocenters. The smallest absolute Gasteiger partial charge is 0.314 e. The van der Waals surface area contributed by atoms with Crippen molar-refractivity contribution in [1.82, 2.24) is 23.1 Å². The molecule has 0 aliphatic rings. The Hall–Kier alpha value is -2.57. The average Bonchev–Trinajstić information content (AvgIpc) is 3.05. The minimum atomic E-state index is -0.346. The third-order valence-electron chi connectivity index (χ3n) is 4.70. The molecule has 0 aromatic carbocycles. The van der Waals surface area contributed by atoms with E-state index in [1.165, 1.54) is 9.13 Å². The van der Waals surface area contributed by atoms with Gasteiger partial charge in [-0.1, -0.05) is 26.0 Å². The van der Waals surface area contributed by atoms with E-state index in [0.717, 1.165) is 23.7 Å². The molecule has 7 heteroatoms. The van der Waals surface area contributed by atoms with Gasteiger partial charge in [-0.25, -0.2) is 4.79 Å². The molecule has 0 fully saturated rings. The molecular weight excluding hydrogens is 318 g/mol. The summed E-state index contributed by atoms with van der Waals surface area (Å²) >= 11 is 0. The Labute approximate surface area is 145 Å². The number of rotatable bonds is 4. The maximum absolute atomic E-state index is 13.0. The van der Waals surface area contributed by atoms with Gasteiger partial charge in [-0.2, -0.15) is 4.98 Å². The number of nitrogens with zero attached hydrogens (tertiary/aromatic N) is 5. The normalized spacial score (nSPS) is 12.4. The summed E-state index contributed by atoms with van der Waals surface area (Å²) in [4.78, 5) is 30.2. The fourth-order valence-corrected chi connectivity index (χ4v) is 3.27. The van der Waals surface area contributed by atoms with Crippen LogP contribution in [0.3, 0.4) is 0 Å². The zero-order valence-corrected chi connectivity index (χ0v) is 15.7. The summed E-state index contributed by atoms with van der Waals surface area (Å²) < 4.78 is 6.73. The molecule has 3 aromatic rings. The lowest BCUT2D eigenvalue weighted by Gasteiger charge is -2.09. The van der Waals surface area contributed by atoms with Crippen LogP contribution in [0.2, 0.25) is 0 Å². The molecule has 0 unspecified atom stereocenters. The van der Waals surface area contributed by atoms with Crippen LogP contribution in [-0.2, 0) is 20.1 Å². The highest BCUT2D eigenvalue weighted by Gasteiger charge is 2.22. The monoisotopic (exact) mass is 343 g/mol. The van der Waals surface area contributed by atoms with Gasteiger partial charge in [0.25, 0.3) is 5.56 Å². The standard InChI is InChI=1S/C18H25N5O2/c1-7-8-9-21-16(24)14-15(20(6)18(21)25)19-17-22(10-11(2)3)12(4)13(5)23(14)17/h7-8,11H,9-10H2,1-6H3/b8-7+. The van der Waals surface area contributed by atoms with E-state index in [9.17, 15) is 9.59 Å². The summed E-state index contributed by atoms with van der Waals surface area (Å²) in [6, 6.07) is 0. The van der Waals surface area contributed by atoms with E-state index in [0.29, 0.717) is 17.1 Å². The van der Waals surface area contributed by atoms with Gasteiger partial charge in [0, 0.05) is 31.5 Å². The minimum Gasteiger partial charge on any atom is -0.314 e. The lowest BCUT2D eigenvalue weighted by molar-refractivity contribution is 0.524. The highest BCUT2D eigenvalue weighted by molar-refractivity contribution is 5.76. The molecular formula is C18H25N5O2. The van der Waals surface area contributed by atoms with Crippen molar-refractivity contribution in [2.24, 2.45) is 13.0 Å². The number of hydrogen-bond donors (Lipinski definition) is 0. The van der Waals surface area contributed by atoms with Gasteiger partial charge in [0.1, 0.15) is 0 Å². The molecule has 0 aliphatic carbocycles. The molecule has 0 saturated carbocycles. The summed E-state index contributed by atoms with van der Waals surface area (Å²) in [7, 11) is 1.66. The predicted octanol–water partition coefficient (Wildman–Crippen LogP) is 2.00. The van der Waals surface area contributed by atoms with E-state index < -0.39 is 0 Å². The van der Waals surface area contributed by atoms with Crippen molar-refractivity contribution in [3.8, 4) is 0 Å². The Balaban J connectivity index is 2.48. The molecule has 0 amide bonds. The number of allylic oxidation sites excluding steroid dienone is 2. The van der Waals surface area contributed by atoms with Gasteiger partial charge < -0.3 is 4.57 Å². The van der Waals surface area contributed by atoms with E-state index >= 15 is 0 Å². The van der Waals surface area contributed by atoms with Crippen molar-refractivity contribution < 1.29 is 0 Å². The lowest BCUT2D eigenvalue weighted by atomic mass is 10.2. The van der Waals surface area contributed by atoms with Crippen LogP contribution >= 0.6 is 0 Å². The van der Waals surface area contributed by atoms with Gasteiger partial charge in [-0.3, -0.25) is 18.3 Å². The van der Waals surface area contributed by atoms with Crippen LogP contribution in [-0.4, -0.2) is 23.1 Å². The topological polar surface area (TPSA) is 66.2 Å². The van der Waals surface area contributed by atoms with E-state index in [1.807, 2.05) is 31.2 Å². The second-order valence-electron chi connectivity index (χ2n) is 6.92. The van der Waals surface area contributed by atoms with Gasteiger partial charge in [-0.15, -0.1) is 0 Å². The maximum atomic E-state index is 13.0. The predicted molar refractivity (Wildman–Crippen MR) is 99.3 cm³/mol. The number of hydrogen-bond acceptors (Lipinski definition) is 3. The fraction of sp³-hybridized carbons (Fsp3) is 0.500. The molecule has 7 nitrogen and oxygen atoms in total. The molecule has 0 saturated heterocycles. The average molecular weight is 343 g/mol. The first-order valence-electron chi connectivity index (χ1n) is 8.58. The van der Waals surface area contributed by atoms with Crippen molar-refractivity contribution in [3.05, 3.63) is 44.4 Å². The van der Waals surface area contributed by atoms with Crippen LogP contribution in [0, 0.1) is 19.8 Å². The SMILES string of the molecule is C/C=C/Cn1c(=O)c2c(nc3n(CC(C)C)c(C)c(C)n23)n(C)c1=O. The molecule has 25 heavy (non-hydrogen) atoms. The largest absolute Gasteiger partial charge is 0.332 e. The molecule has 3 rings (SSSR count). The minimum absolute atomic E-state index is 0.260. The zero-order chi connectivity index (χ0) is 18.5. The number of fused-ring (bicyclic) bond motifs is 3. The van der Waals surface area contributed by atoms with Gasteiger partial charge >= 0.3 is 5.69 Å². The summed E-state index contributed by atoms with van der Waals surface area (Å²) in [6.07, 6.45) is 3.63. The Kier molecular flexibility index (Phi) is 4.18. The van der Waals surface area contributed by atoms with Crippen LogP contribution in [0.4, 0.5) is 0 Å². The first-order valence-corrected chi connectivity index (χ1v) is 8.58. The van der Waals surface area contributed by atoms with E-state index in [4.69, 9.17) is 0 Å². The van der Waals surface area contributed by atoms with E-state index in [1.54, 1.807) is 13.1 Å². The third kappa shape index (κ3) is 2.45. The Morgan fingerprint density at radius 1 is 1.12 bits per heavy atom. The molecule has 0 spiro atoms. The highest BCUT2D eigenvalue weighted by atomic mass is 16.2. The number of imidazole rings is 2. The van der Waals surface area contributed by atoms with Crippen LogP contribution in [0.5, 0.6) is 0 Å². The molecule has 0 aliphatic heterocycles. The second kappa shape index (κ2) is 6.06. The Bertz CT molecular complexity index is 1110. The Morgan fingerprint density at radius 2 is 1.80 bits per heavy atom. The summed E-state index contributed by atoms with van der Waals surface area (Å²) in [6.45, 7) is 11.3. The van der Waals surface area contributed by atoms with Gasteiger partial charge in [0.05, 0.1) is 0 Å². The van der Waals surface area contributed by atoms with Crippen LogP contribution in [0.25, 0.3) is 16.9 Å². The Morgan fingerprint density at radius 3 is 2.40 bits per heavy atom. The van der Waals surface area contributed by atoms with E-state index in [2.05, 4.69) is 23.4 Å². The molecule has 0 N–H and O–H groups in total. The lowest BCUT2D eigenvalue weighted by Crippen LogP contribution is -2.39. The summed E-state index contributed by atoms with van der Waals surface area (Å²) in [5, 5.41) is 0. The molecule has 134 valence electrons. The first-order chi connectivity index (χ1) is 11.8. The molecule has 0 radical (unpaired) electrons. The van der Waals surface area contributed by atoms with Crippen LogP contribution < -0.4 is 11.2 Å². The third-order valence-corrected chi connectivity index (χ3v) is 4.70. The van der Waals surface area contributed by atoms with Crippen molar-refractivity contribution in [1.29, 1.82) is 0 Å². The van der Waals surface area contributed by atoms with Gasteiger partial charge in [0.15, 0.2) is 11.2 Å². The summed E-state index contributed by atoms with van der Waals surface area (Å²) in [5.41, 5.74) is 2.32. The van der Waals surface area contributed by atoms with E-state index in [-0.39, 0.29) is 17.8 Å². The molecule has 0 bridgehead atoms. The van der Waals surface area contributed by atoms with Crippen LogP contribution in [0.1, 0.15) is 32.2 Å².